The Labute approximate surface area is 161 Å². The number of amides is 2. The van der Waals surface area contributed by atoms with E-state index in [-0.39, 0.29) is 17.5 Å². The third-order valence-corrected chi connectivity index (χ3v) is 4.57. The van der Waals surface area contributed by atoms with Crippen molar-refractivity contribution in [3.63, 3.8) is 0 Å². The van der Waals surface area contributed by atoms with Gasteiger partial charge < -0.3 is 15.4 Å². The smallest absolute Gasteiger partial charge is 0.281 e. The van der Waals surface area contributed by atoms with Gasteiger partial charge in [-0.1, -0.05) is 53.7 Å². The van der Waals surface area contributed by atoms with Gasteiger partial charge in [-0.15, -0.1) is 0 Å². The molecule has 0 aromatic heterocycles. The van der Waals surface area contributed by atoms with Gasteiger partial charge in [0.1, 0.15) is 0 Å². The van der Waals surface area contributed by atoms with Gasteiger partial charge in [0.05, 0.1) is 12.2 Å². The van der Waals surface area contributed by atoms with Crippen LogP contribution in [-0.4, -0.2) is 22.7 Å². The van der Waals surface area contributed by atoms with Crippen LogP contribution in [0.25, 0.3) is 0 Å². The van der Waals surface area contributed by atoms with Crippen molar-refractivity contribution in [3.05, 3.63) is 95.6 Å². The molecule has 3 aromatic carbocycles. The van der Waals surface area contributed by atoms with Crippen LogP contribution in [0, 0.1) is 0 Å². The molecule has 0 unspecified atom stereocenters. The fourth-order valence-electron chi connectivity index (χ4n) is 3.20. The second kappa shape index (κ2) is 7.36. The molecule has 4 rings (SSSR count). The SMILES string of the molecule is O=C(Nc1ccc2c(c1)/C(=N/O)C(=O)N2Cc1ccccc1)c1ccccc1. The van der Waals surface area contributed by atoms with E-state index >= 15 is 0 Å². The zero-order valence-electron chi connectivity index (χ0n) is 14.9. The standard InChI is InChI=1S/C22H17N3O3/c26-21(16-9-5-2-6-10-16)23-17-11-12-19-18(13-17)20(24-28)22(27)25(19)14-15-7-3-1-4-8-15/h1-13,28H,14H2,(H,23,26)/b24-20-. The Morgan fingerprint density at radius 2 is 1.64 bits per heavy atom. The Balaban J connectivity index is 1.63. The summed E-state index contributed by atoms with van der Waals surface area (Å²) in [6, 6.07) is 23.5. The van der Waals surface area contributed by atoms with Crippen LogP contribution in [0.1, 0.15) is 21.5 Å². The van der Waals surface area contributed by atoms with Crippen molar-refractivity contribution < 1.29 is 14.8 Å². The number of oxime groups is 1. The summed E-state index contributed by atoms with van der Waals surface area (Å²) in [5, 5.41) is 15.4. The quantitative estimate of drug-likeness (QED) is 0.542. The minimum Gasteiger partial charge on any atom is -0.410 e. The maximum Gasteiger partial charge on any atom is 0.281 e. The van der Waals surface area contributed by atoms with Crippen molar-refractivity contribution >= 4 is 28.9 Å². The summed E-state index contributed by atoms with van der Waals surface area (Å²) >= 11 is 0. The first-order chi connectivity index (χ1) is 13.7. The first kappa shape index (κ1) is 17.5. The van der Waals surface area contributed by atoms with Gasteiger partial charge >= 0.3 is 0 Å². The Bertz CT molecular complexity index is 1060. The molecule has 138 valence electrons. The van der Waals surface area contributed by atoms with Gasteiger partial charge in [0.15, 0.2) is 5.71 Å². The number of carbonyl (C=O) groups is 2. The molecular formula is C22H17N3O3. The maximum absolute atomic E-state index is 12.7. The van der Waals surface area contributed by atoms with Crippen LogP contribution in [0.15, 0.2) is 84.0 Å². The van der Waals surface area contributed by atoms with Gasteiger partial charge in [-0.05, 0) is 35.9 Å². The highest BCUT2D eigenvalue weighted by Crippen LogP contribution is 2.33. The van der Waals surface area contributed by atoms with Gasteiger partial charge in [-0.3, -0.25) is 9.59 Å². The Hall–Kier alpha value is -3.93. The van der Waals surface area contributed by atoms with E-state index in [1.54, 1.807) is 47.4 Å². The van der Waals surface area contributed by atoms with E-state index in [4.69, 9.17) is 0 Å². The lowest BCUT2D eigenvalue weighted by Crippen LogP contribution is -2.29. The van der Waals surface area contributed by atoms with Crippen molar-refractivity contribution in [2.75, 3.05) is 10.2 Å². The summed E-state index contributed by atoms with van der Waals surface area (Å²) in [5.74, 6) is -0.638. The molecular weight excluding hydrogens is 354 g/mol. The second-order valence-corrected chi connectivity index (χ2v) is 6.38. The van der Waals surface area contributed by atoms with Gasteiger partial charge in [-0.2, -0.15) is 0 Å². The van der Waals surface area contributed by atoms with Crippen LogP contribution in [0.5, 0.6) is 0 Å². The van der Waals surface area contributed by atoms with Crippen LogP contribution < -0.4 is 10.2 Å². The fraction of sp³-hybridized carbons (Fsp3) is 0.0455. The molecule has 0 radical (unpaired) electrons. The first-order valence-electron chi connectivity index (χ1n) is 8.76. The molecule has 6 nitrogen and oxygen atoms in total. The number of nitrogens with zero attached hydrogens (tertiary/aromatic N) is 2. The van der Waals surface area contributed by atoms with Crippen molar-refractivity contribution in [1.29, 1.82) is 0 Å². The Kier molecular flexibility index (Phi) is 4.60. The molecule has 0 bridgehead atoms. The Morgan fingerprint density at radius 1 is 0.964 bits per heavy atom. The van der Waals surface area contributed by atoms with E-state index in [1.807, 2.05) is 36.4 Å². The predicted octanol–water partition coefficient (Wildman–Crippen LogP) is 3.66. The van der Waals surface area contributed by atoms with E-state index in [0.29, 0.717) is 29.0 Å². The van der Waals surface area contributed by atoms with Gasteiger partial charge in [0.2, 0.25) is 0 Å². The zero-order chi connectivity index (χ0) is 19.5. The number of hydrogen-bond acceptors (Lipinski definition) is 4. The molecule has 0 saturated carbocycles. The number of fused-ring (bicyclic) bond motifs is 1. The second-order valence-electron chi connectivity index (χ2n) is 6.38. The fourth-order valence-corrected chi connectivity index (χ4v) is 3.20. The molecule has 28 heavy (non-hydrogen) atoms. The number of rotatable bonds is 4. The molecule has 1 heterocycles. The zero-order valence-corrected chi connectivity index (χ0v) is 14.9. The third kappa shape index (κ3) is 3.23. The molecule has 2 N–H and O–H groups in total. The molecule has 1 aliphatic heterocycles. The highest BCUT2D eigenvalue weighted by atomic mass is 16.4. The van der Waals surface area contributed by atoms with E-state index < -0.39 is 0 Å². The highest BCUT2D eigenvalue weighted by molar-refractivity contribution is 6.54. The average Bonchev–Trinajstić information content (AvgIpc) is 2.99. The molecule has 0 spiro atoms. The summed E-state index contributed by atoms with van der Waals surface area (Å²) in [7, 11) is 0. The predicted molar refractivity (Wildman–Crippen MR) is 107 cm³/mol. The molecule has 1 aliphatic rings. The first-order valence-corrected chi connectivity index (χ1v) is 8.76. The Morgan fingerprint density at radius 3 is 2.32 bits per heavy atom. The van der Waals surface area contributed by atoms with Crippen molar-refractivity contribution in [3.8, 4) is 0 Å². The maximum atomic E-state index is 12.7. The van der Waals surface area contributed by atoms with E-state index in [1.165, 1.54) is 0 Å². The van der Waals surface area contributed by atoms with Crippen LogP contribution in [0.4, 0.5) is 11.4 Å². The topological polar surface area (TPSA) is 82.0 Å². The van der Waals surface area contributed by atoms with Crippen LogP contribution in [-0.2, 0) is 11.3 Å². The lowest BCUT2D eigenvalue weighted by Gasteiger charge is -2.17. The van der Waals surface area contributed by atoms with Crippen LogP contribution in [0.2, 0.25) is 0 Å². The van der Waals surface area contributed by atoms with Crippen molar-refractivity contribution in [2.45, 2.75) is 6.54 Å². The summed E-state index contributed by atoms with van der Waals surface area (Å²) in [4.78, 5) is 26.6. The molecule has 0 saturated heterocycles. The minimum atomic E-state index is -0.382. The lowest BCUT2D eigenvalue weighted by molar-refractivity contribution is -0.112. The van der Waals surface area contributed by atoms with Gasteiger partial charge in [0, 0.05) is 16.8 Å². The number of anilines is 2. The highest BCUT2D eigenvalue weighted by Gasteiger charge is 2.34. The van der Waals surface area contributed by atoms with E-state index in [0.717, 1.165) is 5.56 Å². The van der Waals surface area contributed by atoms with E-state index in [2.05, 4.69) is 10.5 Å². The number of hydrogen-bond donors (Lipinski definition) is 2. The van der Waals surface area contributed by atoms with Gasteiger partial charge in [-0.25, -0.2) is 0 Å². The molecule has 0 atom stereocenters. The largest absolute Gasteiger partial charge is 0.410 e. The van der Waals surface area contributed by atoms with Crippen LogP contribution in [0.3, 0.4) is 0 Å². The lowest BCUT2D eigenvalue weighted by atomic mass is 10.1. The number of benzene rings is 3. The summed E-state index contributed by atoms with van der Waals surface area (Å²) in [5.41, 5.74) is 3.08. The summed E-state index contributed by atoms with van der Waals surface area (Å²) in [6.45, 7) is 0.363. The molecule has 3 aromatic rings. The molecule has 2 amide bonds. The average molecular weight is 371 g/mol. The summed E-state index contributed by atoms with van der Waals surface area (Å²) in [6.07, 6.45) is 0. The summed E-state index contributed by atoms with van der Waals surface area (Å²) < 4.78 is 0. The molecule has 6 heteroatoms. The normalized spacial score (nSPS) is 14.2. The number of nitrogens with one attached hydrogen (secondary N) is 1. The van der Waals surface area contributed by atoms with Crippen molar-refractivity contribution in [1.82, 2.24) is 0 Å². The molecule has 0 fully saturated rings. The monoisotopic (exact) mass is 371 g/mol. The van der Waals surface area contributed by atoms with Crippen molar-refractivity contribution in [2.24, 2.45) is 5.16 Å². The van der Waals surface area contributed by atoms with Gasteiger partial charge in [0.25, 0.3) is 11.8 Å². The van der Waals surface area contributed by atoms with E-state index in [9.17, 15) is 14.8 Å². The van der Waals surface area contributed by atoms with Crippen LogP contribution >= 0.6 is 0 Å². The molecule has 0 aliphatic carbocycles. The number of carbonyl (C=O) groups excluding carboxylic acids is 2. The minimum absolute atomic E-state index is 0.0401. The third-order valence-electron chi connectivity index (χ3n) is 4.57.